The fraction of sp³-hybridized carbons (Fsp3) is 0.357. The van der Waals surface area contributed by atoms with Gasteiger partial charge < -0.3 is 35.8 Å². The molecule has 0 spiro atoms. The summed E-state index contributed by atoms with van der Waals surface area (Å²) in [5.41, 5.74) is 6.62. The summed E-state index contributed by atoms with van der Waals surface area (Å²) >= 11 is 0. The zero-order valence-corrected chi connectivity index (χ0v) is 22.1. The van der Waals surface area contributed by atoms with Gasteiger partial charge in [0.2, 0.25) is 0 Å². The van der Waals surface area contributed by atoms with Crippen LogP contribution in [0.5, 0.6) is 5.75 Å². The second-order valence-corrected chi connectivity index (χ2v) is 10.6. The average molecular weight is 567 g/mol. The van der Waals surface area contributed by atoms with Crippen molar-refractivity contribution < 1.29 is 33.0 Å². The molecular weight excluding hydrogens is 538 g/mol. The lowest BCUT2D eigenvalue weighted by Gasteiger charge is -2.42. The first kappa shape index (κ1) is 26.8. The number of anilines is 2. The first-order valence-corrected chi connectivity index (χ1v) is 13.2. The molecule has 11 nitrogen and oxygen atoms in total. The van der Waals surface area contributed by atoms with Crippen molar-refractivity contribution in [1.82, 2.24) is 15.3 Å². The van der Waals surface area contributed by atoms with Crippen LogP contribution in [0.25, 0.3) is 11.3 Å². The van der Waals surface area contributed by atoms with Crippen LogP contribution < -0.4 is 21.3 Å². The molecule has 2 aromatic heterocycles. The topological polar surface area (TPSA) is 152 Å². The summed E-state index contributed by atoms with van der Waals surface area (Å²) in [6, 6.07) is 4.09. The standard InChI is InChI=1S/C28H28F2N6O5/c1-13-8-36-9-19(31)24(13)35-28(39)41-12-16-15(14-10-40-11-14)6-18(30)23(26(16)37)25-17(29)2-3-20(33-25)27(38)34-21-7-32-5-4-22(21)36/h2-7,13-14,19,24,37H,8-12,31H2,1H3,(H,34,38)(H,35,39)/t13-,19+,24-/m0/s1. The zero-order valence-electron chi connectivity index (χ0n) is 22.1. The number of rotatable bonds is 1. The molecule has 3 atom stereocenters. The van der Waals surface area contributed by atoms with Crippen molar-refractivity contribution in [3.05, 3.63) is 65.1 Å². The number of nitrogens with one attached hydrogen (secondary N) is 2. The molecular formula is C28H28F2N6O5. The van der Waals surface area contributed by atoms with Crippen molar-refractivity contribution in [3.63, 3.8) is 0 Å². The zero-order chi connectivity index (χ0) is 28.8. The van der Waals surface area contributed by atoms with E-state index >= 15 is 8.78 Å². The molecule has 6 heterocycles. The number of carbonyl (C=O) groups is 2. The fourth-order valence-electron chi connectivity index (χ4n) is 5.63. The highest BCUT2D eigenvalue weighted by Crippen LogP contribution is 2.41. The minimum absolute atomic E-state index is 0.0918. The maximum Gasteiger partial charge on any atom is 0.407 e. The van der Waals surface area contributed by atoms with E-state index in [-0.39, 0.29) is 36.3 Å². The Bertz CT molecular complexity index is 1520. The number of ether oxygens (including phenoxy) is 2. The van der Waals surface area contributed by atoms with Gasteiger partial charge in [0, 0.05) is 36.8 Å². The van der Waals surface area contributed by atoms with Crippen LogP contribution in [-0.4, -0.2) is 65.5 Å². The van der Waals surface area contributed by atoms with Gasteiger partial charge >= 0.3 is 6.09 Å². The number of aromatic nitrogens is 2. The number of phenols is 1. The van der Waals surface area contributed by atoms with Gasteiger partial charge in [-0.1, -0.05) is 6.92 Å². The van der Waals surface area contributed by atoms with Gasteiger partial charge in [0.25, 0.3) is 5.91 Å². The van der Waals surface area contributed by atoms with E-state index in [0.29, 0.717) is 30.0 Å². The second kappa shape index (κ2) is 10.6. The molecule has 6 bridgehead atoms. The fourth-order valence-corrected chi connectivity index (χ4v) is 5.63. The van der Waals surface area contributed by atoms with Crippen molar-refractivity contribution in [2.75, 3.05) is 36.5 Å². The second-order valence-electron chi connectivity index (χ2n) is 10.6. The Morgan fingerprint density at radius 1 is 1.15 bits per heavy atom. The highest BCUT2D eigenvalue weighted by Gasteiger charge is 2.36. The number of aromatic hydroxyl groups is 1. The smallest absolute Gasteiger partial charge is 0.407 e. The van der Waals surface area contributed by atoms with Crippen LogP contribution in [0.2, 0.25) is 0 Å². The van der Waals surface area contributed by atoms with E-state index in [2.05, 4.69) is 20.6 Å². The van der Waals surface area contributed by atoms with Crippen molar-refractivity contribution in [2.45, 2.75) is 31.5 Å². The van der Waals surface area contributed by atoms with Crippen molar-refractivity contribution in [1.29, 1.82) is 0 Å². The number of piperidine rings is 1. The molecule has 5 N–H and O–H groups in total. The molecule has 0 unspecified atom stereocenters. The molecule has 214 valence electrons. The minimum Gasteiger partial charge on any atom is -0.507 e. The van der Waals surface area contributed by atoms with Crippen LogP contribution in [0.1, 0.15) is 34.5 Å². The van der Waals surface area contributed by atoms with Gasteiger partial charge in [-0.2, -0.15) is 0 Å². The summed E-state index contributed by atoms with van der Waals surface area (Å²) in [6.45, 7) is 2.92. The van der Waals surface area contributed by atoms with E-state index in [0.717, 1.165) is 18.2 Å². The molecule has 3 aromatic rings. The molecule has 4 aliphatic heterocycles. The van der Waals surface area contributed by atoms with Gasteiger partial charge in [-0.3, -0.25) is 9.78 Å². The summed E-state index contributed by atoms with van der Waals surface area (Å²) in [6.07, 6.45) is 2.27. The Morgan fingerprint density at radius 3 is 2.68 bits per heavy atom. The molecule has 0 saturated carbocycles. The van der Waals surface area contributed by atoms with Crippen LogP contribution in [-0.2, 0) is 16.1 Å². The van der Waals surface area contributed by atoms with E-state index in [1.807, 2.05) is 11.8 Å². The summed E-state index contributed by atoms with van der Waals surface area (Å²) in [7, 11) is 0. The van der Waals surface area contributed by atoms with Gasteiger partial charge in [-0.15, -0.1) is 0 Å². The highest BCUT2D eigenvalue weighted by atomic mass is 19.1. The third-order valence-electron chi connectivity index (χ3n) is 7.82. The van der Waals surface area contributed by atoms with Crippen molar-refractivity contribution in [2.24, 2.45) is 11.7 Å². The third-order valence-corrected chi connectivity index (χ3v) is 7.82. The summed E-state index contributed by atoms with van der Waals surface area (Å²) in [5, 5.41) is 16.8. The van der Waals surface area contributed by atoms with E-state index in [4.69, 9.17) is 15.2 Å². The number of nitrogens with zero attached hydrogens (tertiary/aromatic N) is 3. The molecule has 13 heteroatoms. The normalized spacial score (nSPS) is 22.9. The van der Waals surface area contributed by atoms with E-state index in [1.165, 1.54) is 6.20 Å². The highest BCUT2D eigenvalue weighted by molar-refractivity contribution is 6.05. The predicted molar refractivity (Wildman–Crippen MR) is 143 cm³/mol. The molecule has 0 aliphatic carbocycles. The number of phenolic OH excluding ortho intramolecular Hbond substituents is 1. The van der Waals surface area contributed by atoms with Crippen LogP contribution in [0, 0.1) is 17.6 Å². The number of hydrogen-bond donors (Lipinski definition) is 4. The molecule has 2 saturated heterocycles. The van der Waals surface area contributed by atoms with Crippen LogP contribution in [0.3, 0.4) is 0 Å². The van der Waals surface area contributed by atoms with Gasteiger partial charge in [0.15, 0.2) is 0 Å². The number of halogens is 2. The van der Waals surface area contributed by atoms with E-state index in [1.54, 1.807) is 12.3 Å². The molecule has 1 aromatic carbocycles. The number of fused-ring (bicyclic) bond motifs is 6. The van der Waals surface area contributed by atoms with Gasteiger partial charge in [0.1, 0.15) is 35.4 Å². The van der Waals surface area contributed by atoms with Gasteiger partial charge in [-0.25, -0.2) is 18.6 Å². The number of amides is 2. The van der Waals surface area contributed by atoms with Crippen LogP contribution in [0.4, 0.5) is 25.0 Å². The maximum absolute atomic E-state index is 15.5. The lowest BCUT2D eigenvalue weighted by atomic mass is 9.89. The first-order chi connectivity index (χ1) is 19.7. The number of pyridine rings is 2. The van der Waals surface area contributed by atoms with Crippen LogP contribution >= 0.6 is 0 Å². The largest absolute Gasteiger partial charge is 0.507 e. The molecule has 41 heavy (non-hydrogen) atoms. The number of nitrogens with two attached hydrogens (primary N) is 1. The molecule has 0 radical (unpaired) electrons. The van der Waals surface area contributed by atoms with Gasteiger partial charge in [-0.05, 0) is 35.7 Å². The Hall–Kier alpha value is -4.36. The number of hydrogen-bond acceptors (Lipinski definition) is 9. The lowest BCUT2D eigenvalue weighted by molar-refractivity contribution is 0.00737. The monoisotopic (exact) mass is 566 g/mol. The molecule has 7 rings (SSSR count). The molecule has 4 aliphatic rings. The van der Waals surface area contributed by atoms with E-state index < -0.39 is 59.3 Å². The Balaban J connectivity index is 1.49. The quantitative estimate of drug-likeness (QED) is 0.348. The summed E-state index contributed by atoms with van der Waals surface area (Å²) in [4.78, 5) is 36.4. The lowest BCUT2D eigenvalue weighted by Crippen LogP contribution is -2.62. The Kier molecular flexibility index (Phi) is 6.91. The summed E-state index contributed by atoms with van der Waals surface area (Å²) in [5.74, 6) is -3.61. The van der Waals surface area contributed by atoms with E-state index in [9.17, 15) is 14.7 Å². The average Bonchev–Trinajstić information content (AvgIpc) is 2.90. The van der Waals surface area contributed by atoms with Crippen LogP contribution in [0.15, 0.2) is 36.7 Å². The third kappa shape index (κ3) is 4.91. The maximum atomic E-state index is 15.5. The Morgan fingerprint density at radius 2 is 1.95 bits per heavy atom. The number of carbonyl (C=O) groups excluding carboxylic acids is 2. The predicted octanol–water partition coefficient (Wildman–Crippen LogP) is 2.89. The molecule has 2 amide bonds. The van der Waals surface area contributed by atoms with Crippen molar-refractivity contribution in [3.8, 4) is 17.0 Å². The molecule has 2 fully saturated rings. The first-order valence-electron chi connectivity index (χ1n) is 13.2. The summed E-state index contributed by atoms with van der Waals surface area (Å²) < 4.78 is 41.3. The van der Waals surface area contributed by atoms with Gasteiger partial charge in [0.05, 0.1) is 42.4 Å². The number of alkyl carbamates (subject to hydrolysis) is 1. The Labute approximate surface area is 233 Å². The SMILES string of the molecule is C[C@H]1CN2C[C@@H](N)[C@H]1NC(=O)OCc1c(C3COC3)cc(F)c(c1O)-c1nc(ccc1F)C(=O)Nc1cnccc12. The number of benzene rings is 1. The van der Waals surface area contributed by atoms with Crippen molar-refractivity contribution >= 4 is 23.4 Å². The minimum atomic E-state index is -0.956.